The summed E-state index contributed by atoms with van der Waals surface area (Å²) in [4.78, 5) is 2.60. The molecule has 1 aliphatic carbocycles. The maximum Gasteiger partial charge on any atom is 0.00388 e. The summed E-state index contributed by atoms with van der Waals surface area (Å²) < 4.78 is 0. The molecule has 2 fully saturated rings. The molecule has 0 aromatic heterocycles. The molecular weight excluding hydrogens is 110 g/mol. The van der Waals surface area contributed by atoms with Crippen LogP contribution in [-0.4, -0.2) is 24.0 Å². The van der Waals surface area contributed by atoms with Gasteiger partial charge in [0, 0.05) is 20.6 Å². The van der Waals surface area contributed by atoms with Gasteiger partial charge in [-0.25, -0.2) is 0 Å². The fraction of sp³-hybridized carbons (Fsp3) is 1.00. The van der Waals surface area contributed by atoms with Gasteiger partial charge in [-0.2, -0.15) is 0 Å². The first-order chi connectivity index (χ1) is 4.27. The molecule has 0 amide bonds. The first kappa shape index (κ1) is 5.72. The number of hydrogen-bond donors (Lipinski definition) is 0. The summed E-state index contributed by atoms with van der Waals surface area (Å²) in [7, 11) is 0. The predicted molar refractivity (Wildman–Crippen MR) is 40.4 cm³/mol. The molecule has 1 nitrogen and oxygen atoms in total. The van der Waals surface area contributed by atoms with Crippen LogP contribution in [0.25, 0.3) is 0 Å². The van der Waals surface area contributed by atoms with Crippen LogP contribution in [0.1, 0.15) is 21.7 Å². The zero-order valence-electron chi connectivity index (χ0n) is 6.30. The van der Waals surface area contributed by atoms with E-state index >= 15 is 0 Å². The Labute approximate surface area is 58.5 Å². The Morgan fingerprint density at radius 1 is 1.33 bits per heavy atom. The molecule has 1 aliphatic heterocycles. The summed E-state index contributed by atoms with van der Waals surface area (Å²) in [6.45, 7) is 7.38. The molecule has 0 radical (unpaired) electrons. The van der Waals surface area contributed by atoms with Gasteiger partial charge in [0.05, 0.1) is 0 Å². The van der Waals surface area contributed by atoms with Gasteiger partial charge < -0.3 is 4.90 Å². The van der Waals surface area contributed by atoms with Crippen LogP contribution >= 0.6 is 0 Å². The van der Waals surface area contributed by atoms with E-state index in [0.717, 1.165) is 17.9 Å². The van der Waals surface area contributed by atoms with E-state index in [1.54, 1.807) is 0 Å². The number of likely N-dealkylation sites (tertiary alicyclic amines) is 1. The zero-order chi connectivity index (χ0) is 6.43. The van der Waals surface area contributed by atoms with Crippen LogP contribution in [0.4, 0.5) is 0 Å². The Kier molecular flexibility index (Phi) is 1.10. The lowest BCUT2D eigenvalue weighted by molar-refractivity contribution is 0.248. The number of piperidine rings is 1. The highest BCUT2D eigenvalue weighted by atomic mass is 15.2. The first-order valence-electron chi connectivity index (χ1n) is 4.01. The average Bonchev–Trinajstić information content (AvgIpc) is 2.40. The second-order valence-electron chi connectivity index (χ2n) is 3.80. The molecule has 0 bridgehead atoms. The average molecular weight is 127 g/mol. The van der Waals surface area contributed by atoms with Gasteiger partial charge in [-0.05, 0) is 32.1 Å². The molecular formula is C8H17N. The van der Waals surface area contributed by atoms with Crippen molar-refractivity contribution in [3.63, 3.8) is 0 Å². The normalized spacial score (nSPS) is 41.7. The standard InChI is InChI=1S/C8H15N.H2/c1-6(2)9-4-7-3-8(7)5-9;/h6-8H,3-5H2,1-2H3;1H/t7-,8?;/m0./s1. The van der Waals surface area contributed by atoms with Crippen LogP contribution in [0.5, 0.6) is 0 Å². The molecule has 1 unspecified atom stereocenters. The van der Waals surface area contributed by atoms with E-state index in [2.05, 4.69) is 18.7 Å². The van der Waals surface area contributed by atoms with Gasteiger partial charge in [-0.1, -0.05) is 0 Å². The molecule has 1 heterocycles. The van der Waals surface area contributed by atoms with Gasteiger partial charge in [0.1, 0.15) is 0 Å². The van der Waals surface area contributed by atoms with Crippen molar-refractivity contribution >= 4 is 0 Å². The topological polar surface area (TPSA) is 3.24 Å². The molecule has 2 atom stereocenters. The van der Waals surface area contributed by atoms with Crippen LogP contribution in [0.2, 0.25) is 0 Å². The fourth-order valence-electron chi connectivity index (χ4n) is 1.86. The van der Waals surface area contributed by atoms with Gasteiger partial charge in [0.25, 0.3) is 0 Å². The van der Waals surface area contributed by atoms with Crippen molar-refractivity contribution in [3.05, 3.63) is 0 Å². The highest BCUT2D eigenvalue weighted by Crippen LogP contribution is 2.45. The van der Waals surface area contributed by atoms with Gasteiger partial charge in [0.15, 0.2) is 0 Å². The lowest BCUT2D eigenvalue weighted by Gasteiger charge is -2.21. The molecule has 0 spiro atoms. The smallest absolute Gasteiger partial charge is 0.00388 e. The Morgan fingerprint density at radius 3 is 2.22 bits per heavy atom. The third-order valence-corrected chi connectivity index (χ3v) is 2.74. The van der Waals surface area contributed by atoms with Gasteiger partial charge in [-0.3, -0.25) is 0 Å². The molecule has 0 aromatic rings. The van der Waals surface area contributed by atoms with Gasteiger partial charge in [0.2, 0.25) is 0 Å². The third-order valence-electron chi connectivity index (χ3n) is 2.74. The lowest BCUT2D eigenvalue weighted by Crippen LogP contribution is -2.29. The highest BCUT2D eigenvalue weighted by Gasteiger charge is 2.45. The molecule has 54 valence electrons. The van der Waals surface area contributed by atoms with Crippen molar-refractivity contribution in [3.8, 4) is 0 Å². The van der Waals surface area contributed by atoms with E-state index in [9.17, 15) is 0 Å². The maximum absolute atomic E-state index is 2.60. The molecule has 1 heteroatoms. The lowest BCUT2D eigenvalue weighted by atomic mass is 10.3. The quantitative estimate of drug-likeness (QED) is 0.517. The second-order valence-corrected chi connectivity index (χ2v) is 3.80. The minimum absolute atomic E-state index is 0. The SMILES string of the molecule is CC(C)N1CC2C[C@H]2C1.[HH]. The minimum atomic E-state index is 0. The summed E-state index contributed by atoms with van der Waals surface area (Å²) in [5, 5.41) is 0. The number of fused-ring (bicyclic) bond motifs is 1. The first-order valence-corrected chi connectivity index (χ1v) is 4.01. The van der Waals surface area contributed by atoms with E-state index in [0.29, 0.717) is 0 Å². The van der Waals surface area contributed by atoms with Gasteiger partial charge >= 0.3 is 0 Å². The summed E-state index contributed by atoms with van der Waals surface area (Å²) in [6, 6.07) is 0.790. The van der Waals surface area contributed by atoms with Crippen LogP contribution in [0.15, 0.2) is 0 Å². The van der Waals surface area contributed by atoms with E-state index in [1.165, 1.54) is 19.5 Å². The molecule has 2 rings (SSSR count). The Bertz CT molecular complexity index is 114. The number of rotatable bonds is 1. The Balaban J connectivity index is 0.000000500. The van der Waals surface area contributed by atoms with Crippen molar-refractivity contribution in [2.75, 3.05) is 13.1 Å². The monoisotopic (exact) mass is 127 g/mol. The highest BCUT2D eigenvalue weighted by molar-refractivity contribution is 4.97. The Morgan fingerprint density at radius 2 is 1.89 bits per heavy atom. The van der Waals surface area contributed by atoms with Gasteiger partial charge in [-0.15, -0.1) is 0 Å². The molecule has 2 aliphatic rings. The van der Waals surface area contributed by atoms with Crippen molar-refractivity contribution in [2.45, 2.75) is 26.3 Å². The summed E-state index contributed by atoms with van der Waals surface area (Å²) in [5.74, 6) is 2.21. The zero-order valence-corrected chi connectivity index (χ0v) is 6.30. The fourth-order valence-corrected chi connectivity index (χ4v) is 1.86. The molecule has 1 saturated heterocycles. The van der Waals surface area contributed by atoms with E-state index in [-0.39, 0.29) is 1.43 Å². The molecule has 9 heavy (non-hydrogen) atoms. The maximum atomic E-state index is 2.60. The third kappa shape index (κ3) is 0.877. The van der Waals surface area contributed by atoms with Crippen LogP contribution in [-0.2, 0) is 0 Å². The summed E-state index contributed by atoms with van der Waals surface area (Å²) >= 11 is 0. The largest absolute Gasteiger partial charge is 0.300 e. The summed E-state index contributed by atoms with van der Waals surface area (Å²) in [5.41, 5.74) is 0. The minimum Gasteiger partial charge on any atom is -0.300 e. The van der Waals surface area contributed by atoms with Crippen molar-refractivity contribution in [1.82, 2.24) is 4.90 Å². The summed E-state index contributed by atoms with van der Waals surface area (Å²) in [6.07, 6.45) is 1.53. The van der Waals surface area contributed by atoms with Crippen LogP contribution in [0, 0.1) is 11.8 Å². The molecule has 0 aromatic carbocycles. The molecule has 0 N–H and O–H groups in total. The van der Waals surface area contributed by atoms with E-state index in [1.807, 2.05) is 0 Å². The van der Waals surface area contributed by atoms with E-state index in [4.69, 9.17) is 0 Å². The number of hydrogen-bond acceptors (Lipinski definition) is 1. The molecule has 1 saturated carbocycles. The Hall–Kier alpha value is -0.0400. The second kappa shape index (κ2) is 1.72. The van der Waals surface area contributed by atoms with Crippen molar-refractivity contribution in [1.29, 1.82) is 0 Å². The predicted octanol–water partition coefficient (Wildman–Crippen LogP) is 1.59. The number of nitrogens with zero attached hydrogens (tertiary/aromatic N) is 1. The van der Waals surface area contributed by atoms with Crippen molar-refractivity contribution < 1.29 is 1.43 Å². The van der Waals surface area contributed by atoms with E-state index < -0.39 is 0 Å². The van der Waals surface area contributed by atoms with Crippen LogP contribution < -0.4 is 0 Å². The van der Waals surface area contributed by atoms with Crippen molar-refractivity contribution in [2.24, 2.45) is 11.8 Å². The van der Waals surface area contributed by atoms with Crippen LogP contribution in [0.3, 0.4) is 0 Å².